The maximum atomic E-state index is 13.5. The molecular formula is C20H22FN5O. The van der Waals surface area contributed by atoms with Crippen molar-refractivity contribution in [2.75, 3.05) is 20.6 Å². The van der Waals surface area contributed by atoms with Gasteiger partial charge in [0.25, 0.3) is 5.91 Å². The Labute approximate surface area is 157 Å². The summed E-state index contributed by atoms with van der Waals surface area (Å²) in [6.45, 7) is 0.384. The van der Waals surface area contributed by atoms with E-state index in [2.05, 4.69) is 20.5 Å². The monoisotopic (exact) mass is 367 g/mol. The molecule has 1 atom stereocenters. The average Bonchev–Trinajstić information content (AvgIpc) is 3.15. The second kappa shape index (κ2) is 8.55. The van der Waals surface area contributed by atoms with Gasteiger partial charge in [-0.15, -0.1) is 0 Å². The van der Waals surface area contributed by atoms with Crippen LogP contribution in [0.3, 0.4) is 0 Å². The number of aromatic amines is 1. The summed E-state index contributed by atoms with van der Waals surface area (Å²) in [7, 11) is 3.81. The molecule has 1 heterocycles. The SMILES string of the molecule is CN(C)[C@@H](CNC(=O)c1ccc(Cc2ncn[nH]2)cc1)c1cccc(F)c1. The third-order valence-electron chi connectivity index (χ3n) is 4.37. The van der Waals surface area contributed by atoms with Crippen molar-refractivity contribution in [3.05, 3.63) is 83.2 Å². The number of hydrogen-bond acceptors (Lipinski definition) is 4. The van der Waals surface area contributed by atoms with Crippen molar-refractivity contribution < 1.29 is 9.18 Å². The molecule has 1 amide bonds. The van der Waals surface area contributed by atoms with Crippen molar-refractivity contribution in [3.8, 4) is 0 Å². The van der Waals surface area contributed by atoms with Crippen LogP contribution in [-0.4, -0.2) is 46.6 Å². The number of aromatic nitrogens is 3. The third kappa shape index (κ3) is 4.98. The maximum absolute atomic E-state index is 13.5. The van der Waals surface area contributed by atoms with Gasteiger partial charge in [0.05, 0.1) is 6.04 Å². The molecule has 0 radical (unpaired) electrons. The molecule has 0 aliphatic heterocycles. The molecule has 0 saturated heterocycles. The molecule has 2 N–H and O–H groups in total. The highest BCUT2D eigenvalue weighted by Gasteiger charge is 2.16. The quantitative estimate of drug-likeness (QED) is 0.673. The lowest BCUT2D eigenvalue weighted by Gasteiger charge is -2.25. The van der Waals surface area contributed by atoms with Crippen molar-refractivity contribution in [3.63, 3.8) is 0 Å². The van der Waals surface area contributed by atoms with Gasteiger partial charge in [-0.05, 0) is 49.5 Å². The topological polar surface area (TPSA) is 73.9 Å². The van der Waals surface area contributed by atoms with Crippen LogP contribution in [0.15, 0.2) is 54.9 Å². The van der Waals surface area contributed by atoms with E-state index in [-0.39, 0.29) is 17.8 Å². The molecule has 0 aliphatic rings. The summed E-state index contributed by atoms with van der Waals surface area (Å²) >= 11 is 0. The molecule has 0 unspecified atom stereocenters. The summed E-state index contributed by atoms with van der Waals surface area (Å²) in [4.78, 5) is 18.5. The smallest absolute Gasteiger partial charge is 0.251 e. The number of hydrogen-bond donors (Lipinski definition) is 2. The molecule has 27 heavy (non-hydrogen) atoms. The van der Waals surface area contributed by atoms with Crippen molar-refractivity contribution in [2.45, 2.75) is 12.5 Å². The van der Waals surface area contributed by atoms with Crippen LogP contribution in [0.5, 0.6) is 0 Å². The second-order valence-corrected chi connectivity index (χ2v) is 6.55. The van der Waals surface area contributed by atoms with Gasteiger partial charge in [0.2, 0.25) is 0 Å². The number of nitrogens with one attached hydrogen (secondary N) is 2. The summed E-state index contributed by atoms with van der Waals surface area (Å²) in [5.41, 5.74) is 2.44. The highest BCUT2D eigenvalue weighted by Crippen LogP contribution is 2.18. The third-order valence-corrected chi connectivity index (χ3v) is 4.37. The van der Waals surface area contributed by atoms with Crippen molar-refractivity contribution in [2.24, 2.45) is 0 Å². The predicted octanol–water partition coefficient (Wildman–Crippen LogP) is 2.57. The van der Waals surface area contributed by atoms with Gasteiger partial charge >= 0.3 is 0 Å². The molecule has 0 bridgehead atoms. The normalized spacial score (nSPS) is 12.1. The number of benzene rings is 2. The van der Waals surface area contributed by atoms with Crippen LogP contribution in [-0.2, 0) is 6.42 Å². The number of halogens is 1. The second-order valence-electron chi connectivity index (χ2n) is 6.55. The Balaban J connectivity index is 1.62. The van der Waals surface area contributed by atoms with Gasteiger partial charge in [-0.3, -0.25) is 9.89 Å². The molecule has 1 aromatic heterocycles. The van der Waals surface area contributed by atoms with Gasteiger partial charge in [-0.25, -0.2) is 9.37 Å². The van der Waals surface area contributed by atoms with E-state index in [9.17, 15) is 9.18 Å². The first-order valence-corrected chi connectivity index (χ1v) is 8.66. The van der Waals surface area contributed by atoms with Crippen molar-refractivity contribution in [1.29, 1.82) is 0 Å². The molecule has 0 fully saturated rings. The first-order valence-electron chi connectivity index (χ1n) is 8.66. The van der Waals surface area contributed by atoms with Crippen molar-refractivity contribution in [1.82, 2.24) is 25.4 Å². The molecule has 6 nitrogen and oxygen atoms in total. The number of amides is 1. The van der Waals surface area contributed by atoms with E-state index in [0.29, 0.717) is 18.5 Å². The van der Waals surface area contributed by atoms with E-state index in [4.69, 9.17) is 0 Å². The Morgan fingerprint density at radius 1 is 1.22 bits per heavy atom. The highest BCUT2D eigenvalue weighted by atomic mass is 19.1. The first-order chi connectivity index (χ1) is 13.0. The van der Waals surface area contributed by atoms with Gasteiger partial charge < -0.3 is 10.2 Å². The fraction of sp³-hybridized carbons (Fsp3) is 0.250. The van der Waals surface area contributed by atoms with Crippen LogP contribution in [0.25, 0.3) is 0 Å². The summed E-state index contributed by atoms with van der Waals surface area (Å²) in [6.07, 6.45) is 2.10. The van der Waals surface area contributed by atoms with E-state index >= 15 is 0 Å². The van der Waals surface area contributed by atoms with E-state index in [1.165, 1.54) is 18.5 Å². The van der Waals surface area contributed by atoms with Gasteiger partial charge in [-0.1, -0.05) is 24.3 Å². The van der Waals surface area contributed by atoms with Gasteiger partial charge in [0.1, 0.15) is 18.0 Å². The zero-order valence-corrected chi connectivity index (χ0v) is 15.3. The molecule has 3 rings (SSSR count). The fourth-order valence-corrected chi connectivity index (χ4v) is 2.89. The highest BCUT2D eigenvalue weighted by molar-refractivity contribution is 5.94. The minimum absolute atomic E-state index is 0.115. The molecule has 0 aliphatic carbocycles. The lowest BCUT2D eigenvalue weighted by atomic mass is 10.1. The van der Waals surface area contributed by atoms with E-state index in [0.717, 1.165) is 17.0 Å². The van der Waals surface area contributed by atoms with Gasteiger partial charge in [-0.2, -0.15) is 5.10 Å². The van der Waals surface area contributed by atoms with Crippen LogP contribution in [0.4, 0.5) is 4.39 Å². The molecule has 7 heteroatoms. The van der Waals surface area contributed by atoms with E-state index in [1.807, 2.05) is 37.2 Å². The number of H-pyrrole nitrogens is 1. The molecular weight excluding hydrogens is 345 g/mol. The number of rotatable bonds is 7. The van der Waals surface area contributed by atoms with Crippen LogP contribution >= 0.6 is 0 Å². The summed E-state index contributed by atoms with van der Waals surface area (Å²) in [6, 6.07) is 13.7. The molecule has 3 aromatic rings. The van der Waals surface area contributed by atoms with Gasteiger partial charge in [0, 0.05) is 18.5 Å². The summed E-state index contributed by atoms with van der Waals surface area (Å²) in [5.74, 6) is 0.327. The Hall–Kier alpha value is -3.06. The first kappa shape index (κ1) is 18.7. The number of nitrogens with zero attached hydrogens (tertiary/aromatic N) is 3. The Kier molecular flexibility index (Phi) is 5.93. The Bertz CT molecular complexity index is 878. The number of carbonyl (C=O) groups is 1. The number of carbonyl (C=O) groups excluding carboxylic acids is 1. The van der Waals surface area contributed by atoms with Crippen LogP contribution < -0.4 is 5.32 Å². The van der Waals surface area contributed by atoms with Crippen LogP contribution in [0.2, 0.25) is 0 Å². The molecule has 2 aromatic carbocycles. The summed E-state index contributed by atoms with van der Waals surface area (Å²) < 4.78 is 13.5. The lowest BCUT2D eigenvalue weighted by Crippen LogP contribution is -2.34. The molecule has 140 valence electrons. The Morgan fingerprint density at radius 3 is 2.63 bits per heavy atom. The predicted molar refractivity (Wildman–Crippen MR) is 101 cm³/mol. The molecule has 0 spiro atoms. The van der Waals surface area contributed by atoms with E-state index in [1.54, 1.807) is 18.2 Å². The number of likely N-dealkylation sites (N-methyl/N-ethyl adjacent to an activating group) is 1. The Morgan fingerprint density at radius 2 is 2.00 bits per heavy atom. The molecule has 0 saturated carbocycles. The van der Waals surface area contributed by atoms with Crippen LogP contribution in [0, 0.1) is 5.82 Å². The van der Waals surface area contributed by atoms with Crippen LogP contribution in [0.1, 0.15) is 33.4 Å². The largest absolute Gasteiger partial charge is 0.350 e. The standard InChI is InChI=1S/C20H22FN5O/c1-26(2)18(16-4-3-5-17(21)11-16)12-22-20(27)15-8-6-14(7-9-15)10-19-23-13-24-25-19/h3-9,11,13,18H,10,12H2,1-2H3,(H,22,27)(H,23,24,25)/t18-/m0/s1. The minimum atomic E-state index is -0.284. The zero-order valence-electron chi connectivity index (χ0n) is 15.3. The summed E-state index contributed by atoms with van der Waals surface area (Å²) in [5, 5.41) is 9.57. The average molecular weight is 367 g/mol. The van der Waals surface area contributed by atoms with Gasteiger partial charge in [0.15, 0.2) is 0 Å². The zero-order chi connectivity index (χ0) is 19.2. The maximum Gasteiger partial charge on any atom is 0.251 e. The van der Waals surface area contributed by atoms with E-state index < -0.39 is 0 Å². The minimum Gasteiger partial charge on any atom is -0.350 e. The fourth-order valence-electron chi connectivity index (χ4n) is 2.89. The lowest BCUT2D eigenvalue weighted by molar-refractivity contribution is 0.0942. The van der Waals surface area contributed by atoms with Crippen molar-refractivity contribution >= 4 is 5.91 Å².